The normalized spacial score (nSPS) is 13.6. The molecule has 0 atom stereocenters. The monoisotopic (exact) mass is 676 g/mol. The molecule has 4 aromatic rings. The molecule has 194 valence electrons. The third kappa shape index (κ3) is 4.95. The van der Waals surface area contributed by atoms with Crippen LogP contribution in [0.2, 0.25) is 0 Å². The second kappa shape index (κ2) is 10.1. The van der Waals surface area contributed by atoms with Crippen molar-refractivity contribution in [2.75, 3.05) is 11.9 Å². The number of rotatable bonds is 5. The summed E-state index contributed by atoms with van der Waals surface area (Å²) in [6.07, 6.45) is -1.41. The zero-order chi connectivity index (χ0) is 26.5. The van der Waals surface area contributed by atoms with Gasteiger partial charge in [0.25, 0.3) is 5.91 Å². The van der Waals surface area contributed by atoms with Gasteiger partial charge >= 0.3 is 12.1 Å². The van der Waals surface area contributed by atoms with Gasteiger partial charge in [-0.1, -0.05) is 0 Å². The number of anilines is 1. The Morgan fingerprint density at radius 2 is 1.97 bits per heavy atom. The number of hydrogen-bond acceptors (Lipinski definition) is 7. The highest BCUT2D eigenvalue weighted by Crippen LogP contribution is 2.40. The van der Waals surface area contributed by atoms with E-state index in [0.29, 0.717) is 30.9 Å². The first kappa shape index (κ1) is 26.3. The van der Waals surface area contributed by atoms with E-state index >= 15 is 0 Å². The summed E-state index contributed by atoms with van der Waals surface area (Å²) in [5.74, 6) is -1.31. The molecular weight excluding hydrogens is 661 g/mol. The minimum atomic E-state index is -4.76. The first-order valence-electron chi connectivity index (χ1n) is 11.1. The predicted octanol–water partition coefficient (Wildman–Crippen LogP) is 7.37. The lowest BCUT2D eigenvalue weighted by molar-refractivity contribution is -0.142. The Morgan fingerprint density at radius 1 is 1.22 bits per heavy atom. The van der Waals surface area contributed by atoms with E-state index in [1.54, 1.807) is 18.4 Å². The number of aromatic nitrogens is 3. The van der Waals surface area contributed by atoms with E-state index in [1.165, 1.54) is 22.7 Å². The number of nitrogens with one attached hydrogen (secondary N) is 1. The molecule has 7 nitrogen and oxygen atoms in total. The smallest absolute Gasteiger partial charge is 0.433 e. The molecule has 5 rings (SSSR count). The number of esters is 1. The van der Waals surface area contributed by atoms with Crippen LogP contribution >= 0.6 is 54.5 Å². The van der Waals surface area contributed by atoms with Crippen molar-refractivity contribution in [2.24, 2.45) is 0 Å². The van der Waals surface area contributed by atoms with Crippen molar-refractivity contribution in [1.82, 2.24) is 14.6 Å². The van der Waals surface area contributed by atoms with Gasteiger partial charge in [-0.05, 0) is 82.2 Å². The van der Waals surface area contributed by atoms with Crippen LogP contribution in [0.1, 0.15) is 56.7 Å². The van der Waals surface area contributed by atoms with Gasteiger partial charge in [0, 0.05) is 14.7 Å². The molecule has 1 aliphatic carbocycles. The van der Waals surface area contributed by atoms with E-state index in [1.807, 2.05) is 0 Å². The zero-order valence-electron chi connectivity index (χ0n) is 19.0. The van der Waals surface area contributed by atoms with Crippen LogP contribution in [0.15, 0.2) is 26.5 Å². The number of thiophene rings is 2. The van der Waals surface area contributed by atoms with Gasteiger partial charge in [0.15, 0.2) is 17.0 Å². The summed E-state index contributed by atoms with van der Waals surface area (Å²) in [6.45, 7) is 1.86. The number of fused-ring (bicyclic) bond motifs is 2. The molecule has 0 bridgehead atoms. The lowest BCUT2D eigenvalue weighted by atomic mass is 9.95. The summed E-state index contributed by atoms with van der Waals surface area (Å²) < 4.78 is 48.5. The Hall–Kier alpha value is -2.29. The molecule has 0 spiro atoms. The summed E-state index contributed by atoms with van der Waals surface area (Å²) in [5, 5.41) is 8.69. The van der Waals surface area contributed by atoms with E-state index in [0.717, 1.165) is 35.8 Å². The van der Waals surface area contributed by atoms with Gasteiger partial charge in [0.05, 0.1) is 27.2 Å². The lowest BCUT2D eigenvalue weighted by Gasteiger charge is -2.12. The number of carbonyl (C=O) groups excluding carboxylic acids is 2. The highest BCUT2D eigenvalue weighted by Gasteiger charge is 2.37. The average Bonchev–Trinajstić information content (AvgIpc) is 3.53. The minimum absolute atomic E-state index is 0.00646. The Bertz CT molecular complexity index is 1540. The first-order chi connectivity index (χ1) is 17.6. The number of hydrogen-bond donors (Lipinski definition) is 1. The number of nitrogens with zero attached hydrogens (tertiary/aromatic N) is 3. The van der Waals surface area contributed by atoms with Crippen LogP contribution in [0.4, 0.5) is 18.2 Å². The van der Waals surface area contributed by atoms with Crippen LogP contribution in [0.3, 0.4) is 0 Å². The standard InChI is InChI=1S/C23H17Br2F3N4O3S2/c1-2-35-22(34)16-11-5-3-4-6-13(11)37-21(16)30-20(33)18-17(25)19-29-12(14-7-10(24)9-36-14)8-15(23(26,27)28)32(19)31-18/h7-9H,2-6H2,1H3,(H,30,33). The quantitative estimate of drug-likeness (QED) is 0.223. The van der Waals surface area contributed by atoms with Crippen LogP contribution in [0.25, 0.3) is 16.2 Å². The molecular formula is C23H17Br2F3N4O3S2. The summed E-state index contributed by atoms with van der Waals surface area (Å²) in [4.78, 5) is 31.9. The molecule has 0 aromatic carbocycles. The molecule has 1 N–H and O–H groups in total. The Labute approximate surface area is 233 Å². The summed E-state index contributed by atoms with van der Waals surface area (Å²) in [6, 6.07) is 2.57. The third-order valence-electron chi connectivity index (χ3n) is 5.74. The van der Waals surface area contributed by atoms with Crippen molar-refractivity contribution in [3.05, 3.63) is 53.9 Å². The first-order valence-corrected chi connectivity index (χ1v) is 14.4. The van der Waals surface area contributed by atoms with Gasteiger partial charge in [-0.25, -0.2) is 14.3 Å². The van der Waals surface area contributed by atoms with Crippen LogP contribution in [0, 0.1) is 0 Å². The largest absolute Gasteiger partial charge is 0.462 e. The van der Waals surface area contributed by atoms with Crippen LogP contribution in [-0.4, -0.2) is 33.1 Å². The molecule has 0 aliphatic heterocycles. The Balaban J connectivity index is 1.59. The number of alkyl halides is 3. The number of carbonyl (C=O) groups is 2. The topological polar surface area (TPSA) is 85.6 Å². The molecule has 0 saturated carbocycles. The van der Waals surface area contributed by atoms with Crippen molar-refractivity contribution >= 4 is 77.1 Å². The molecule has 4 heterocycles. The van der Waals surface area contributed by atoms with Crippen molar-refractivity contribution in [3.8, 4) is 10.6 Å². The fourth-order valence-electron chi connectivity index (χ4n) is 4.15. The van der Waals surface area contributed by atoms with E-state index < -0.39 is 23.7 Å². The molecule has 1 amide bonds. The third-order valence-corrected chi connectivity index (χ3v) is 9.39. The van der Waals surface area contributed by atoms with Crippen LogP contribution in [-0.2, 0) is 23.8 Å². The molecule has 14 heteroatoms. The van der Waals surface area contributed by atoms with Crippen LogP contribution in [0.5, 0.6) is 0 Å². The molecule has 1 aliphatic rings. The fraction of sp³-hybridized carbons (Fsp3) is 0.304. The number of amides is 1. The average molecular weight is 678 g/mol. The number of ether oxygens (including phenoxy) is 1. The maximum Gasteiger partial charge on any atom is 0.433 e. The van der Waals surface area contributed by atoms with Gasteiger partial charge in [0.1, 0.15) is 5.00 Å². The highest BCUT2D eigenvalue weighted by atomic mass is 79.9. The number of aryl methyl sites for hydroxylation is 1. The summed E-state index contributed by atoms with van der Waals surface area (Å²) in [5.41, 5.74) is -0.269. The van der Waals surface area contributed by atoms with Gasteiger partial charge in [0.2, 0.25) is 0 Å². The summed E-state index contributed by atoms with van der Waals surface area (Å²) >= 11 is 9.05. The van der Waals surface area contributed by atoms with Gasteiger partial charge in [-0.2, -0.15) is 18.3 Å². The fourth-order valence-corrected chi connectivity index (χ4v) is 7.32. The summed E-state index contributed by atoms with van der Waals surface area (Å²) in [7, 11) is 0. The van der Waals surface area contributed by atoms with Gasteiger partial charge in [-0.3, -0.25) is 4.79 Å². The van der Waals surface area contributed by atoms with E-state index in [9.17, 15) is 22.8 Å². The van der Waals surface area contributed by atoms with Crippen molar-refractivity contribution in [1.29, 1.82) is 0 Å². The Kier molecular flexibility index (Phi) is 7.20. The molecule has 0 saturated heterocycles. The molecule has 0 unspecified atom stereocenters. The zero-order valence-corrected chi connectivity index (χ0v) is 23.8. The molecule has 4 aromatic heterocycles. The maximum absolute atomic E-state index is 14.0. The second-order valence-corrected chi connectivity index (χ2v) is 11.9. The van der Waals surface area contributed by atoms with Gasteiger partial charge in [-0.15, -0.1) is 22.7 Å². The van der Waals surface area contributed by atoms with Crippen molar-refractivity contribution in [3.63, 3.8) is 0 Å². The highest BCUT2D eigenvalue weighted by molar-refractivity contribution is 9.11. The van der Waals surface area contributed by atoms with E-state index in [4.69, 9.17) is 4.74 Å². The van der Waals surface area contributed by atoms with E-state index in [2.05, 4.69) is 47.3 Å². The molecule has 0 radical (unpaired) electrons. The molecule has 37 heavy (non-hydrogen) atoms. The Morgan fingerprint density at radius 3 is 2.65 bits per heavy atom. The van der Waals surface area contributed by atoms with E-state index in [-0.39, 0.29) is 28.1 Å². The predicted molar refractivity (Wildman–Crippen MR) is 142 cm³/mol. The number of halogens is 5. The maximum atomic E-state index is 14.0. The minimum Gasteiger partial charge on any atom is -0.462 e. The molecule has 0 fully saturated rings. The van der Waals surface area contributed by atoms with Crippen LogP contribution < -0.4 is 5.32 Å². The van der Waals surface area contributed by atoms with Crippen molar-refractivity contribution < 1.29 is 27.5 Å². The van der Waals surface area contributed by atoms with Gasteiger partial charge < -0.3 is 10.1 Å². The van der Waals surface area contributed by atoms with Crippen molar-refractivity contribution in [2.45, 2.75) is 38.8 Å². The second-order valence-electron chi connectivity index (χ2n) is 8.14. The lowest BCUT2D eigenvalue weighted by Crippen LogP contribution is -2.17. The SMILES string of the molecule is CCOC(=O)c1c(NC(=O)c2nn3c(C(F)(F)F)cc(-c4cc(Br)cs4)nc3c2Br)sc2c1CCCC2.